The average molecular weight is 604 g/mol. The minimum atomic E-state index is -4.03. The van der Waals surface area contributed by atoms with Gasteiger partial charge in [-0.3, -0.25) is 13.8 Å². The summed E-state index contributed by atoms with van der Waals surface area (Å²) in [5.41, 5.74) is 2.21. The summed E-state index contributed by atoms with van der Waals surface area (Å²) in [4.78, 5) is 13.1. The number of benzene rings is 5. The molecule has 0 radical (unpaired) electrons. The van der Waals surface area contributed by atoms with Gasteiger partial charge in [-0.1, -0.05) is 66.2 Å². The lowest BCUT2D eigenvalue weighted by atomic mass is 10.0. The molecule has 5 aromatic rings. The third-order valence-corrected chi connectivity index (χ3v) is 10.2. The Balaban J connectivity index is 1.21. The highest BCUT2D eigenvalue weighted by atomic mass is 35.5. The molecule has 1 amide bonds. The van der Waals surface area contributed by atoms with Gasteiger partial charge in [0, 0.05) is 27.2 Å². The molecular weight excluding hydrogens is 582 g/mol. The number of hydrogen-bond donors (Lipinski definition) is 2. The fraction of sp³-hybridized carbons (Fsp3) is 0.0333. The van der Waals surface area contributed by atoms with Crippen molar-refractivity contribution in [2.45, 2.75) is 9.79 Å². The number of carbonyl (C=O) groups excluding carboxylic acids is 1. The van der Waals surface area contributed by atoms with Crippen molar-refractivity contribution in [3.05, 3.63) is 114 Å². The van der Waals surface area contributed by atoms with Crippen LogP contribution in [0.3, 0.4) is 0 Å². The zero-order chi connectivity index (χ0) is 28.8. The molecule has 1 heterocycles. The normalized spacial score (nSPS) is 13.7. The molecule has 41 heavy (non-hydrogen) atoms. The number of anilines is 3. The molecule has 206 valence electrons. The van der Waals surface area contributed by atoms with Gasteiger partial charge in [0.1, 0.15) is 6.54 Å². The Morgan fingerprint density at radius 3 is 2.32 bits per heavy atom. The molecule has 2 N–H and O–H groups in total. The highest BCUT2D eigenvalue weighted by molar-refractivity contribution is 7.93. The van der Waals surface area contributed by atoms with Gasteiger partial charge in [-0.2, -0.15) is 0 Å². The summed E-state index contributed by atoms with van der Waals surface area (Å²) in [6.45, 7) is -0.492. The van der Waals surface area contributed by atoms with Gasteiger partial charge < -0.3 is 5.32 Å². The topological polar surface area (TPSA) is 113 Å². The zero-order valence-corrected chi connectivity index (χ0v) is 23.7. The van der Waals surface area contributed by atoms with Crippen LogP contribution in [0, 0.1) is 0 Å². The lowest BCUT2D eigenvalue weighted by Gasteiger charge is -2.31. The number of rotatable bonds is 6. The molecule has 5 aromatic carbocycles. The summed E-state index contributed by atoms with van der Waals surface area (Å²) in [5, 5.41) is 4.76. The number of nitrogens with one attached hydrogen (secondary N) is 2. The van der Waals surface area contributed by atoms with Crippen molar-refractivity contribution in [3.8, 4) is 11.1 Å². The summed E-state index contributed by atoms with van der Waals surface area (Å²) in [5.74, 6) is -0.599. The first-order valence-electron chi connectivity index (χ1n) is 12.5. The highest BCUT2D eigenvalue weighted by Crippen LogP contribution is 2.43. The summed E-state index contributed by atoms with van der Waals surface area (Å²) < 4.78 is 56.7. The van der Waals surface area contributed by atoms with Gasteiger partial charge in [0.15, 0.2) is 0 Å². The number of hydrogen-bond acceptors (Lipinski definition) is 5. The number of sulfonamides is 2. The molecule has 0 spiro atoms. The van der Waals surface area contributed by atoms with Crippen molar-refractivity contribution in [2.75, 3.05) is 20.9 Å². The van der Waals surface area contributed by atoms with Gasteiger partial charge in [0.05, 0.1) is 21.2 Å². The maximum Gasteiger partial charge on any atom is 0.265 e. The number of fused-ring (bicyclic) bond motifs is 4. The van der Waals surface area contributed by atoms with Crippen molar-refractivity contribution in [1.29, 1.82) is 0 Å². The first-order chi connectivity index (χ1) is 19.6. The van der Waals surface area contributed by atoms with Crippen LogP contribution in [-0.4, -0.2) is 29.3 Å². The van der Waals surface area contributed by atoms with Crippen molar-refractivity contribution in [3.63, 3.8) is 0 Å². The van der Waals surface area contributed by atoms with Crippen LogP contribution in [0.25, 0.3) is 21.9 Å². The van der Waals surface area contributed by atoms with Crippen LogP contribution in [0.1, 0.15) is 0 Å². The molecule has 0 aromatic heterocycles. The molecule has 0 saturated heterocycles. The Hall–Kier alpha value is -4.38. The molecule has 0 saturated carbocycles. The molecular formula is C30H22ClN3O5S2. The molecule has 0 bridgehead atoms. The molecule has 0 unspecified atom stereocenters. The fourth-order valence-corrected chi connectivity index (χ4v) is 7.74. The second-order valence-electron chi connectivity index (χ2n) is 9.37. The number of amides is 1. The molecule has 0 fully saturated rings. The third-order valence-electron chi connectivity index (χ3n) is 6.74. The summed E-state index contributed by atoms with van der Waals surface area (Å²) in [7, 11) is -7.94. The SMILES string of the molecule is O=C(CN1c2ccc(Cl)cc2-c2ccccc2S1(=O)=O)Nc1ccc(S(=O)(=O)Nc2cccc3ccccc23)cc1. The van der Waals surface area contributed by atoms with E-state index in [9.17, 15) is 21.6 Å². The van der Waals surface area contributed by atoms with Crippen LogP contribution < -0.4 is 14.3 Å². The predicted molar refractivity (Wildman–Crippen MR) is 161 cm³/mol. The average Bonchev–Trinajstić information content (AvgIpc) is 2.96. The van der Waals surface area contributed by atoms with Crippen LogP contribution >= 0.6 is 11.6 Å². The quantitative estimate of drug-likeness (QED) is 0.243. The highest BCUT2D eigenvalue weighted by Gasteiger charge is 2.36. The Labute approximate surface area is 242 Å². The number of halogens is 1. The van der Waals surface area contributed by atoms with Crippen LogP contribution in [0.2, 0.25) is 5.02 Å². The number of nitrogens with zero attached hydrogens (tertiary/aromatic N) is 1. The zero-order valence-electron chi connectivity index (χ0n) is 21.3. The monoisotopic (exact) mass is 603 g/mol. The largest absolute Gasteiger partial charge is 0.325 e. The van der Waals surface area contributed by atoms with Crippen LogP contribution in [0.15, 0.2) is 119 Å². The van der Waals surface area contributed by atoms with Crippen molar-refractivity contribution in [2.24, 2.45) is 0 Å². The van der Waals surface area contributed by atoms with E-state index in [0.717, 1.165) is 15.1 Å². The van der Waals surface area contributed by atoms with E-state index in [4.69, 9.17) is 11.6 Å². The minimum absolute atomic E-state index is 0.00412. The van der Waals surface area contributed by atoms with Crippen molar-refractivity contribution >= 4 is 65.4 Å². The van der Waals surface area contributed by atoms with E-state index in [0.29, 0.717) is 33.2 Å². The van der Waals surface area contributed by atoms with E-state index in [1.165, 1.54) is 30.3 Å². The Morgan fingerprint density at radius 2 is 1.51 bits per heavy atom. The Morgan fingerprint density at radius 1 is 0.805 bits per heavy atom. The molecule has 1 aliphatic heterocycles. The fourth-order valence-electron chi connectivity index (χ4n) is 4.84. The van der Waals surface area contributed by atoms with Crippen molar-refractivity contribution in [1.82, 2.24) is 0 Å². The van der Waals surface area contributed by atoms with Gasteiger partial charge in [-0.05, 0) is 60.0 Å². The molecule has 6 rings (SSSR count). The maximum absolute atomic E-state index is 13.5. The first kappa shape index (κ1) is 26.8. The molecule has 11 heteroatoms. The van der Waals surface area contributed by atoms with Gasteiger partial charge in [-0.15, -0.1) is 0 Å². The summed E-state index contributed by atoms with van der Waals surface area (Å²) >= 11 is 6.20. The summed E-state index contributed by atoms with van der Waals surface area (Å²) in [6, 6.07) is 29.8. The van der Waals surface area contributed by atoms with Gasteiger partial charge in [0.25, 0.3) is 20.0 Å². The van der Waals surface area contributed by atoms with Gasteiger partial charge in [0.2, 0.25) is 5.91 Å². The predicted octanol–water partition coefficient (Wildman–Crippen LogP) is 6.11. The Kier molecular flexibility index (Phi) is 6.69. The lowest BCUT2D eigenvalue weighted by Crippen LogP contribution is -2.40. The van der Waals surface area contributed by atoms with E-state index in [2.05, 4.69) is 10.0 Å². The number of carbonyl (C=O) groups is 1. The van der Waals surface area contributed by atoms with E-state index < -0.39 is 32.5 Å². The second kappa shape index (κ2) is 10.2. The van der Waals surface area contributed by atoms with E-state index in [1.54, 1.807) is 48.5 Å². The Bertz CT molecular complexity index is 2040. The third kappa shape index (κ3) is 5.01. The van der Waals surface area contributed by atoms with Crippen molar-refractivity contribution < 1.29 is 21.6 Å². The van der Waals surface area contributed by atoms with Gasteiger partial charge >= 0.3 is 0 Å². The second-order valence-corrected chi connectivity index (χ2v) is 13.3. The van der Waals surface area contributed by atoms with E-state index in [1.807, 2.05) is 30.3 Å². The molecule has 0 aliphatic carbocycles. The molecule has 1 aliphatic rings. The van der Waals surface area contributed by atoms with Crippen LogP contribution in [0.4, 0.5) is 17.1 Å². The minimum Gasteiger partial charge on any atom is -0.325 e. The maximum atomic E-state index is 13.5. The van der Waals surface area contributed by atoms with E-state index in [-0.39, 0.29) is 9.79 Å². The smallest absolute Gasteiger partial charge is 0.265 e. The standard InChI is InChI=1S/C30H22ClN3O5S2/c31-21-12-17-28-26(18-21)25-9-3-4-11-29(25)41(38,39)34(28)19-30(35)32-22-13-15-23(16-14-22)40(36,37)33-27-10-5-7-20-6-1-2-8-24(20)27/h1-18,33H,19H2,(H,32,35). The van der Waals surface area contributed by atoms with Crippen LogP contribution in [-0.2, 0) is 24.8 Å². The lowest BCUT2D eigenvalue weighted by molar-refractivity contribution is -0.114. The first-order valence-corrected chi connectivity index (χ1v) is 15.8. The molecule has 8 nitrogen and oxygen atoms in total. The van der Waals surface area contributed by atoms with E-state index >= 15 is 0 Å². The van der Waals surface area contributed by atoms with Crippen LogP contribution in [0.5, 0.6) is 0 Å². The van der Waals surface area contributed by atoms with Gasteiger partial charge in [-0.25, -0.2) is 16.8 Å². The molecule has 0 atom stereocenters. The summed E-state index contributed by atoms with van der Waals surface area (Å²) in [6.07, 6.45) is 0.